The van der Waals surface area contributed by atoms with Crippen molar-refractivity contribution in [2.24, 2.45) is 5.92 Å². The molecule has 0 radical (unpaired) electrons. The normalized spacial score (nSPS) is 17.8. The van der Waals surface area contributed by atoms with E-state index in [0.29, 0.717) is 13.1 Å². The van der Waals surface area contributed by atoms with Crippen molar-refractivity contribution in [3.05, 3.63) is 48.5 Å². The van der Waals surface area contributed by atoms with Gasteiger partial charge < -0.3 is 9.80 Å². The fourth-order valence-corrected chi connectivity index (χ4v) is 3.64. The molecule has 2 amide bonds. The summed E-state index contributed by atoms with van der Waals surface area (Å²) in [6.45, 7) is 2.00. The molecule has 6 heteroatoms. The number of benzene rings is 1. The van der Waals surface area contributed by atoms with E-state index in [1.165, 1.54) is 16.5 Å². The molecule has 1 saturated heterocycles. The van der Waals surface area contributed by atoms with Crippen LogP contribution >= 0.6 is 0 Å². The van der Waals surface area contributed by atoms with Crippen LogP contribution in [0.3, 0.4) is 0 Å². The largest absolute Gasteiger partial charge is 0.329 e. The lowest BCUT2D eigenvalue weighted by Gasteiger charge is -2.33. The molecule has 1 fully saturated rings. The zero-order valence-corrected chi connectivity index (χ0v) is 13.5. The zero-order valence-electron chi connectivity index (χ0n) is 13.5. The van der Waals surface area contributed by atoms with Crippen molar-refractivity contribution in [2.45, 2.75) is 19.3 Å². The topological polar surface area (TPSA) is 58.4 Å². The molecule has 2 aliphatic heterocycles. The average Bonchev–Trinajstić information content (AvgIpc) is 3.30. The molecule has 0 N–H and O–H groups in total. The first kappa shape index (κ1) is 14.9. The highest BCUT2D eigenvalue weighted by Crippen LogP contribution is 2.31. The lowest BCUT2D eigenvalue weighted by atomic mass is 9.95. The van der Waals surface area contributed by atoms with E-state index in [2.05, 4.69) is 11.1 Å². The minimum Gasteiger partial charge on any atom is -0.324 e. The molecule has 4 rings (SSSR count). The first-order chi connectivity index (χ1) is 11.7. The molecule has 2 aromatic rings. The summed E-state index contributed by atoms with van der Waals surface area (Å²) in [5, 5.41) is 0. The van der Waals surface area contributed by atoms with Gasteiger partial charge in [0.1, 0.15) is 6.33 Å². The molecule has 0 unspecified atom stereocenters. The van der Waals surface area contributed by atoms with Crippen molar-refractivity contribution in [3.8, 4) is 0 Å². The van der Waals surface area contributed by atoms with Gasteiger partial charge in [-0.3, -0.25) is 9.36 Å². The molecule has 3 heterocycles. The number of aromatic nitrogens is 2. The van der Waals surface area contributed by atoms with Crippen molar-refractivity contribution >= 4 is 17.6 Å². The highest BCUT2D eigenvalue weighted by Gasteiger charge is 2.33. The van der Waals surface area contributed by atoms with Crippen molar-refractivity contribution in [3.63, 3.8) is 0 Å². The van der Waals surface area contributed by atoms with Gasteiger partial charge in [0.25, 0.3) is 0 Å². The Kier molecular flexibility index (Phi) is 3.80. The first-order valence-electron chi connectivity index (χ1n) is 8.40. The van der Waals surface area contributed by atoms with Gasteiger partial charge in [-0.15, -0.1) is 0 Å². The number of hydrogen-bond acceptors (Lipinski definition) is 3. The fraction of sp³-hybridized carbons (Fsp3) is 0.389. The van der Waals surface area contributed by atoms with Crippen LogP contribution in [0, 0.1) is 5.92 Å². The summed E-state index contributed by atoms with van der Waals surface area (Å²) in [7, 11) is 0. The monoisotopic (exact) mass is 324 g/mol. The van der Waals surface area contributed by atoms with Crippen molar-refractivity contribution in [1.29, 1.82) is 0 Å². The smallest absolute Gasteiger partial charge is 0.324 e. The van der Waals surface area contributed by atoms with Crippen molar-refractivity contribution < 1.29 is 9.59 Å². The number of imidazole rings is 1. The quantitative estimate of drug-likeness (QED) is 0.807. The third-order valence-corrected chi connectivity index (χ3v) is 4.99. The Labute approximate surface area is 140 Å². The lowest BCUT2D eigenvalue weighted by molar-refractivity contribution is -0.123. The van der Waals surface area contributed by atoms with Crippen LogP contribution < -0.4 is 4.90 Å². The molecule has 0 atom stereocenters. The summed E-state index contributed by atoms with van der Waals surface area (Å²) in [6, 6.07) is 8.06. The van der Waals surface area contributed by atoms with Crippen LogP contribution in [-0.4, -0.2) is 46.0 Å². The second kappa shape index (κ2) is 6.11. The third kappa shape index (κ3) is 2.58. The SMILES string of the molecule is O=C(C1CCN(C(=O)n2ccnc2)CC1)N1CCc2ccccc21. The van der Waals surface area contributed by atoms with Crippen LogP contribution in [0.15, 0.2) is 43.0 Å². The van der Waals surface area contributed by atoms with Gasteiger partial charge in [-0.25, -0.2) is 9.78 Å². The zero-order chi connectivity index (χ0) is 16.5. The molecule has 124 valence electrons. The maximum atomic E-state index is 12.9. The number of carbonyl (C=O) groups excluding carboxylic acids is 2. The average molecular weight is 324 g/mol. The van der Waals surface area contributed by atoms with Crippen molar-refractivity contribution in [1.82, 2.24) is 14.5 Å². The van der Waals surface area contributed by atoms with E-state index < -0.39 is 0 Å². The molecular weight excluding hydrogens is 304 g/mol. The van der Waals surface area contributed by atoms with Gasteiger partial charge in [0.2, 0.25) is 5.91 Å². The van der Waals surface area contributed by atoms with Gasteiger partial charge in [-0.2, -0.15) is 0 Å². The van der Waals surface area contributed by atoms with E-state index in [1.807, 2.05) is 23.1 Å². The molecule has 2 aliphatic rings. The van der Waals surface area contributed by atoms with Crippen LogP contribution in [0.25, 0.3) is 0 Å². The number of hydrogen-bond donors (Lipinski definition) is 0. The Morgan fingerprint density at radius 1 is 1.08 bits per heavy atom. The minimum atomic E-state index is -0.0649. The second-order valence-electron chi connectivity index (χ2n) is 6.38. The number of rotatable bonds is 1. The van der Waals surface area contributed by atoms with Crippen LogP contribution in [0.2, 0.25) is 0 Å². The molecule has 1 aromatic heterocycles. The van der Waals surface area contributed by atoms with E-state index in [-0.39, 0.29) is 17.9 Å². The summed E-state index contributed by atoms with van der Waals surface area (Å²) in [5.74, 6) is 0.206. The fourth-order valence-electron chi connectivity index (χ4n) is 3.64. The van der Waals surface area contributed by atoms with Gasteiger partial charge in [0, 0.05) is 43.6 Å². The predicted octanol–water partition coefficient (Wildman–Crippen LogP) is 2.15. The van der Waals surface area contributed by atoms with E-state index in [4.69, 9.17) is 0 Å². The van der Waals surface area contributed by atoms with Crippen LogP contribution in [0.4, 0.5) is 10.5 Å². The van der Waals surface area contributed by atoms with E-state index >= 15 is 0 Å². The van der Waals surface area contributed by atoms with Gasteiger partial charge >= 0.3 is 6.03 Å². The Morgan fingerprint density at radius 2 is 1.88 bits per heavy atom. The molecule has 6 nitrogen and oxygen atoms in total. The molecule has 0 aliphatic carbocycles. The highest BCUT2D eigenvalue weighted by atomic mass is 16.2. The summed E-state index contributed by atoms with van der Waals surface area (Å²) < 4.78 is 1.48. The lowest BCUT2D eigenvalue weighted by Crippen LogP contribution is -2.45. The summed E-state index contributed by atoms with van der Waals surface area (Å²) in [5.41, 5.74) is 2.30. The predicted molar refractivity (Wildman–Crippen MR) is 89.8 cm³/mol. The van der Waals surface area contributed by atoms with E-state index in [1.54, 1.807) is 17.3 Å². The van der Waals surface area contributed by atoms with Gasteiger partial charge in [0.05, 0.1) is 0 Å². The van der Waals surface area contributed by atoms with Crippen LogP contribution in [0.5, 0.6) is 0 Å². The number of carbonyl (C=O) groups is 2. The third-order valence-electron chi connectivity index (χ3n) is 4.99. The standard InChI is InChI=1S/C18H20N4O2/c23-17(22-11-7-14-3-1-2-4-16(14)22)15-5-9-20(10-6-15)18(24)21-12-8-19-13-21/h1-4,8,12-13,15H,5-7,9-11H2. The van der Waals surface area contributed by atoms with Crippen LogP contribution in [0.1, 0.15) is 18.4 Å². The van der Waals surface area contributed by atoms with Crippen LogP contribution in [-0.2, 0) is 11.2 Å². The molecular formula is C18H20N4O2. The number of likely N-dealkylation sites (tertiary alicyclic amines) is 1. The molecule has 0 spiro atoms. The maximum Gasteiger partial charge on any atom is 0.329 e. The number of fused-ring (bicyclic) bond motifs is 1. The van der Waals surface area contributed by atoms with E-state index in [0.717, 1.165) is 31.5 Å². The Hall–Kier alpha value is -2.63. The first-order valence-corrected chi connectivity index (χ1v) is 8.40. The summed E-state index contributed by atoms with van der Waals surface area (Å²) in [6.07, 6.45) is 7.14. The number of anilines is 1. The minimum absolute atomic E-state index is 0.00277. The molecule has 0 saturated carbocycles. The van der Waals surface area contributed by atoms with Crippen molar-refractivity contribution in [2.75, 3.05) is 24.5 Å². The molecule has 1 aromatic carbocycles. The van der Waals surface area contributed by atoms with E-state index in [9.17, 15) is 9.59 Å². The number of para-hydroxylation sites is 1. The molecule has 24 heavy (non-hydrogen) atoms. The summed E-state index contributed by atoms with van der Waals surface area (Å²) in [4.78, 5) is 32.8. The van der Waals surface area contributed by atoms with Gasteiger partial charge in [-0.05, 0) is 30.9 Å². The van der Waals surface area contributed by atoms with Gasteiger partial charge in [0.15, 0.2) is 0 Å². The highest BCUT2D eigenvalue weighted by molar-refractivity contribution is 5.97. The number of amides is 2. The second-order valence-corrected chi connectivity index (χ2v) is 6.38. The number of nitrogens with zero attached hydrogens (tertiary/aromatic N) is 4. The van der Waals surface area contributed by atoms with Gasteiger partial charge in [-0.1, -0.05) is 18.2 Å². The Bertz CT molecular complexity index is 748. The number of piperidine rings is 1. The Morgan fingerprint density at radius 3 is 2.62 bits per heavy atom. The Balaban J connectivity index is 1.40. The molecule has 0 bridgehead atoms. The summed E-state index contributed by atoms with van der Waals surface area (Å²) >= 11 is 0. The maximum absolute atomic E-state index is 12.9.